The maximum Gasteiger partial charge on any atom is 0.344 e. The van der Waals surface area contributed by atoms with Crippen molar-refractivity contribution in [3.05, 3.63) is 94.8 Å². The van der Waals surface area contributed by atoms with Gasteiger partial charge in [0.05, 0.1) is 6.61 Å². The number of hydrogen-bond donors (Lipinski definition) is 0. The molecule has 0 N–H and O–H groups in total. The summed E-state index contributed by atoms with van der Waals surface area (Å²) >= 11 is 0. The van der Waals surface area contributed by atoms with Crippen LogP contribution in [0.15, 0.2) is 66.7 Å². The molecule has 3 aromatic carbocycles. The Morgan fingerprint density at radius 2 is 1.93 bits per heavy atom. The maximum atomic E-state index is 14.0. The van der Waals surface area contributed by atoms with Gasteiger partial charge in [-0.2, -0.15) is 0 Å². The lowest BCUT2D eigenvalue weighted by Crippen LogP contribution is -2.20. The highest BCUT2D eigenvalue weighted by molar-refractivity contribution is 5.71. The van der Waals surface area contributed by atoms with Gasteiger partial charge in [-0.1, -0.05) is 42.5 Å². The van der Waals surface area contributed by atoms with Crippen LogP contribution in [0.3, 0.4) is 0 Å². The zero-order valence-corrected chi connectivity index (χ0v) is 16.5. The summed E-state index contributed by atoms with van der Waals surface area (Å²) in [7, 11) is 0. The van der Waals surface area contributed by atoms with Crippen LogP contribution in [0, 0.1) is 12.7 Å². The third kappa shape index (κ3) is 4.78. The van der Waals surface area contributed by atoms with E-state index in [0.717, 1.165) is 11.1 Å². The van der Waals surface area contributed by atoms with Gasteiger partial charge in [0, 0.05) is 16.7 Å². The highest BCUT2D eigenvalue weighted by atomic mass is 19.1. The van der Waals surface area contributed by atoms with Gasteiger partial charge in [0.1, 0.15) is 23.9 Å². The van der Waals surface area contributed by atoms with Crippen molar-refractivity contribution >= 4 is 5.97 Å². The molecule has 0 amide bonds. The molecule has 3 aromatic rings. The molecule has 0 unspecified atom stereocenters. The van der Waals surface area contributed by atoms with E-state index >= 15 is 0 Å². The van der Waals surface area contributed by atoms with Crippen molar-refractivity contribution in [2.45, 2.75) is 26.4 Å². The van der Waals surface area contributed by atoms with Crippen LogP contribution in [0.1, 0.15) is 28.5 Å². The smallest absolute Gasteiger partial charge is 0.344 e. The fourth-order valence-corrected chi connectivity index (χ4v) is 3.21. The van der Waals surface area contributed by atoms with E-state index in [1.54, 1.807) is 6.07 Å². The summed E-state index contributed by atoms with van der Waals surface area (Å²) in [5.74, 6) is 0.0625. The first-order valence-corrected chi connectivity index (χ1v) is 9.58. The minimum atomic E-state index is -0.608. The molecule has 0 saturated carbocycles. The van der Waals surface area contributed by atoms with Crippen LogP contribution >= 0.6 is 0 Å². The molecular formula is C24H21FO5. The second-order valence-electron chi connectivity index (χ2n) is 6.99. The highest BCUT2D eigenvalue weighted by Crippen LogP contribution is 2.36. The average Bonchev–Trinajstić information content (AvgIpc) is 2.76. The Labute approximate surface area is 174 Å². The van der Waals surface area contributed by atoms with Crippen LogP contribution in [0.5, 0.6) is 11.5 Å². The summed E-state index contributed by atoms with van der Waals surface area (Å²) in [6, 6.07) is 19.5. The van der Waals surface area contributed by atoms with E-state index in [0.29, 0.717) is 22.6 Å². The van der Waals surface area contributed by atoms with Crippen LogP contribution in [-0.2, 0) is 27.5 Å². The molecular weight excluding hydrogens is 387 g/mol. The van der Waals surface area contributed by atoms with Gasteiger partial charge in [0.2, 0.25) is 6.29 Å². The Morgan fingerprint density at radius 1 is 1.10 bits per heavy atom. The Kier molecular flexibility index (Phi) is 5.95. The number of carbonyl (C=O) groups excluding carboxylic acids is 1. The van der Waals surface area contributed by atoms with Crippen molar-refractivity contribution in [3.63, 3.8) is 0 Å². The number of ether oxygens (including phenoxy) is 4. The monoisotopic (exact) mass is 408 g/mol. The third-order valence-electron chi connectivity index (χ3n) is 4.63. The molecule has 0 saturated heterocycles. The number of aryl methyl sites for hydroxylation is 1. The molecule has 0 aliphatic carbocycles. The third-order valence-corrected chi connectivity index (χ3v) is 4.63. The molecule has 1 aliphatic heterocycles. The van der Waals surface area contributed by atoms with Crippen LogP contribution in [-0.4, -0.2) is 12.6 Å². The number of esters is 1. The summed E-state index contributed by atoms with van der Waals surface area (Å²) in [4.78, 5) is 12.1. The van der Waals surface area contributed by atoms with E-state index < -0.39 is 18.1 Å². The molecule has 30 heavy (non-hydrogen) atoms. The topological polar surface area (TPSA) is 54.0 Å². The largest absolute Gasteiger partial charge is 0.482 e. The van der Waals surface area contributed by atoms with Gasteiger partial charge < -0.3 is 18.9 Å². The molecule has 1 heterocycles. The summed E-state index contributed by atoms with van der Waals surface area (Å²) in [6.07, 6.45) is -0.608. The second kappa shape index (κ2) is 8.97. The average molecular weight is 408 g/mol. The van der Waals surface area contributed by atoms with Crippen LogP contribution in [0.2, 0.25) is 0 Å². The standard InChI is InChI=1S/C24H21FO5/c1-16-6-5-9-21(10-16)27-15-22(26)28-13-18-11-20(25)12-19-14-29-24(30-23(18)19)17-7-3-2-4-8-17/h2-12,24H,13-15H2,1H3/t24-/m0/s1. The van der Waals surface area contributed by atoms with E-state index in [1.165, 1.54) is 12.1 Å². The van der Waals surface area contributed by atoms with E-state index in [-0.39, 0.29) is 19.8 Å². The summed E-state index contributed by atoms with van der Waals surface area (Å²) in [5.41, 5.74) is 2.89. The second-order valence-corrected chi connectivity index (χ2v) is 6.99. The predicted molar refractivity (Wildman–Crippen MR) is 107 cm³/mol. The number of fused-ring (bicyclic) bond motifs is 1. The molecule has 4 rings (SSSR count). The van der Waals surface area contributed by atoms with E-state index in [9.17, 15) is 9.18 Å². The molecule has 0 aromatic heterocycles. The number of benzene rings is 3. The maximum absolute atomic E-state index is 14.0. The summed E-state index contributed by atoms with van der Waals surface area (Å²) in [6.45, 7) is 1.77. The fourth-order valence-electron chi connectivity index (χ4n) is 3.21. The van der Waals surface area contributed by atoms with Crippen molar-refractivity contribution in [1.29, 1.82) is 0 Å². The number of rotatable bonds is 6. The molecule has 0 radical (unpaired) electrons. The van der Waals surface area contributed by atoms with Crippen molar-refractivity contribution in [2.24, 2.45) is 0 Å². The van der Waals surface area contributed by atoms with Gasteiger partial charge in [0.15, 0.2) is 6.61 Å². The van der Waals surface area contributed by atoms with Gasteiger partial charge >= 0.3 is 5.97 Å². The highest BCUT2D eigenvalue weighted by Gasteiger charge is 2.25. The first-order valence-electron chi connectivity index (χ1n) is 9.58. The Morgan fingerprint density at radius 3 is 2.73 bits per heavy atom. The van der Waals surface area contributed by atoms with Gasteiger partial charge in [-0.3, -0.25) is 0 Å². The van der Waals surface area contributed by atoms with E-state index in [1.807, 2.05) is 55.5 Å². The van der Waals surface area contributed by atoms with Crippen molar-refractivity contribution in [1.82, 2.24) is 0 Å². The Balaban J connectivity index is 1.42. The molecule has 6 heteroatoms. The summed E-state index contributed by atoms with van der Waals surface area (Å²) < 4.78 is 36.4. The molecule has 0 spiro atoms. The lowest BCUT2D eigenvalue weighted by molar-refractivity contribution is -0.147. The van der Waals surface area contributed by atoms with Crippen LogP contribution < -0.4 is 9.47 Å². The number of carbonyl (C=O) groups is 1. The Bertz CT molecular complexity index is 1040. The van der Waals surface area contributed by atoms with Crippen LogP contribution in [0.4, 0.5) is 4.39 Å². The zero-order chi connectivity index (χ0) is 20.9. The van der Waals surface area contributed by atoms with E-state index in [4.69, 9.17) is 18.9 Å². The van der Waals surface area contributed by atoms with Gasteiger partial charge in [-0.25, -0.2) is 9.18 Å². The Hall–Kier alpha value is -3.38. The van der Waals surface area contributed by atoms with Gasteiger partial charge in [0.25, 0.3) is 0 Å². The van der Waals surface area contributed by atoms with Gasteiger partial charge in [-0.05, 0) is 36.8 Å². The first-order chi connectivity index (χ1) is 14.6. The lowest BCUT2D eigenvalue weighted by atomic mass is 10.1. The quantitative estimate of drug-likeness (QED) is 0.545. The molecule has 1 aliphatic rings. The summed E-state index contributed by atoms with van der Waals surface area (Å²) in [5, 5.41) is 0. The normalized spacial score (nSPS) is 15.1. The number of halogens is 1. The van der Waals surface area contributed by atoms with Crippen LogP contribution in [0.25, 0.3) is 0 Å². The van der Waals surface area contributed by atoms with E-state index in [2.05, 4.69) is 0 Å². The van der Waals surface area contributed by atoms with Gasteiger partial charge in [-0.15, -0.1) is 0 Å². The molecule has 0 fully saturated rings. The molecule has 1 atom stereocenters. The molecule has 5 nitrogen and oxygen atoms in total. The first kappa shape index (κ1) is 19.9. The zero-order valence-electron chi connectivity index (χ0n) is 16.5. The predicted octanol–water partition coefficient (Wildman–Crippen LogP) is 4.86. The minimum Gasteiger partial charge on any atom is -0.482 e. The SMILES string of the molecule is Cc1cccc(OCC(=O)OCc2cc(F)cc3c2O[C@@H](c2ccccc2)OC3)c1. The van der Waals surface area contributed by atoms with Crippen molar-refractivity contribution in [2.75, 3.05) is 6.61 Å². The lowest BCUT2D eigenvalue weighted by Gasteiger charge is -2.28. The fraction of sp³-hybridized carbons (Fsp3) is 0.208. The number of hydrogen-bond acceptors (Lipinski definition) is 5. The molecule has 0 bridgehead atoms. The van der Waals surface area contributed by atoms with Crippen molar-refractivity contribution < 1.29 is 28.1 Å². The minimum absolute atomic E-state index is 0.127. The molecule has 154 valence electrons. The van der Waals surface area contributed by atoms with Crippen molar-refractivity contribution in [3.8, 4) is 11.5 Å².